The van der Waals surface area contributed by atoms with Gasteiger partial charge in [-0.3, -0.25) is 4.79 Å². The molecule has 0 aliphatic carbocycles. The van der Waals surface area contributed by atoms with Gasteiger partial charge in [-0.05, 0) is 54.3 Å². The summed E-state index contributed by atoms with van der Waals surface area (Å²) in [6.45, 7) is 4.03. The lowest BCUT2D eigenvalue weighted by molar-refractivity contribution is 0.0951. The molecule has 1 atom stereocenters. The van der Waals surface area contributed by atoms with Crippen LogP contribution in [0.25, 0.3) is 0 Å². The monoisotopic (exact) mass is 372 g/mol. The van der Waals surface area contributed by atoms with E-state index in [9.17, 15) is 13.2 Å². The zero-order valence-electron chi connectivity index (χ0n) is 14.9. The van der Waals surface area contributed by atoms with E-state index in [1.54, 1.807) is 31.2 Å². The van der Waals surface area contributed by atoms with E-state index in [1.807, 2.05) is 24.3 Å². The second-order valence-corrected chi connectivity index (χ2v) is 8.82. The molecule has 1 fully saturated rings. The number of amides is 1. The zero-order valence-corrected chi connectivity index (χ0v) is 15.7. The number of benzene rings is 2. The van der Waals surface area contributed by atoms with Crippen molar-refractivity contribution in [2.24, 2.45) is 0 Å². The molecule has 0 saturated carbocycles. The second-order valence-electron chi connectivity index (χ2n) is 6.54. The Kier molecular flexibility index (Phi) is 5.74. The lowest BCUT2D eigenvalue weighted by Crippen LogP contribution is -2.22. The maximum atomic E-state index is 12.3. The Hall–Kier alpha value is -2.18. The lowest BCUT2D eigenvalue weighted by Gasteiger charge is -2.10. The van der Waals surface area contributed by atoms with E-state index in [4.69, 9.17) is 0 Å². The summed E-state index contributed by atoms with van der Waals surface area (Å²) in [6, 6.07) is 14.4. The van der Waals surface area contributed by atoms with Crippen molar-refractivity contribution in [2.75, 3.05) is 18.8 Å². The van der Waals surface area contributed by atoms with Gasteiger partial charge < -0.3 is 10.6 Å². The van der Waals surface area contributed by atoms with Crippen LogP contribution in [0.4, 0.5) is 0 Å². The van der Waals surface area contributed by atoms with Crippen LogP contribution in [0.5, 0.6) is 0 Å². The molecule has 5 nitrogen and oxygen atoms in total. The van der Waals surface area contributed by atoms with Crippen molar-refractivity contribution < 1.29 is 13.2 Å². The van der Waals surface area contributed by atoms with Crippen LogP contribution in [0.15, 0.2) is 53.4 Å². The van der Waals surface area contributed by atoms with Gasteiger partial charge in [-0.2, -0.15) is 0 Å². The molecule has 3 rings (SSSR count). The third kappa shape index (κ3) is 4.31. The third-order valence-electron chi connectivity index (χ3n) is 4.82. The normalized spacial score (nSPS) is 17.2. The number of carbonyl (C=O) groups excluding carboxylic acids is 1. The summed E-state index contributed by atoms with van der Waals surface area (Å²) in [7, 11) is -3.19. The van der Waals surface area contributed by atoms with E-state index in [0.29, 0.717) is 22.9 Å². The molecule has 1 saturated heterocycles. The van der Waals surface area contributed by atoms with Gasteiger partial charge in [0.25, 0.3) is 5.91 Å². The summed E-state index contributed by atoms with van der Waals surface area (Å²) >= 11 is 0. The number of sulfone groups is 1. The van der Waals surface area contributed by atoms with Gasteiger partial charge in [-0.15, -0.1) is 0 Å². The van der Waals surface area contributed by atoms with Gasteiger partial charge in [0.15, 0.2) is 9.84 Å². The number of rotatable bonds is 6. The highest BCUT2D eigenvalue weighted by molar-refractivity contribution is 7.91. The zero-order chi connectivity index (χ0) is 18.6. The molecule has 138 valence electrons. The Morgan fingerprint density at radius 2 is 1.81 bits per heavy atom. The predicted octanol–water partition coefficient (Wildman–Crippen LogP) is 2.49. The van der Waals surface area contributed by atoms with Gasteiger partial charge in [0, 0.05) is 18.7 Å². The molecule has 1 aliphatic rings. The first-order valence-electron chi connectivity index (χ1n) is 8.90. The smallest absolute Gasteiger partial charge is 0.251 e. The Balaban J connectivity index is 1.58. The average molecular weight is 372 g/mol. The minimum absolute atomic E-state index is 0.0794. The third-order valence-corrected chi connectivity index (χ3v) is 6.57. The molecule has 6 heteroatoms. The van der Waals surface area contributed by atoms with Gasteiger partial charge >= 0.3 is 0 Å². The van der Waals surface area contributed by atoms with Crippen LogP contribution in [0.1, 0.15) is 40.7 Å². The minimum atomic E-state index is -3.19. The van der Waals surface area contributed by atoms with Crippen molar-refractivity contribution >= 4 is 15.7 Å². The highest BCUT2D eigenvalue weighted by Crippen LogP contribution is 2.22. The van der Waals surface area contributed by atoms with E-state index in [1.165, 1.54) is 5.56 Å². The van der Waals surface area contributed by atoms with Crippen LogP contribution in [-0.2, 0) is 16.4 Å². The van der Waals surface area contributed by atoms with E-state index < -0.39 is 9.84 Å². The van der Waals surface area contributed by atoms with E-state index in [-0.39, 0.29) is 11.7 Å². The number of hydrogen-bond donors (Lipinski definition) is 2. The SMILES string of the molecule is CCS(=O)(=O)c1ccc(CNC(=O)c2ccc(C3CCNC3)cc2)cc1. The highest BCUT2D eigenvalue weighted by Gasteiger charge is 2.17. The first-order chi connectivity index (χ1) is 12.5. The summed E-state index contributed by atoms with van der Waals surface area (Å²) in [6.07, 6.45) is 1.13. The van der Waals surface area contributed by atoms with Crippen LogP contribution >= 0.6 is 0 Å². The van der Waals surface area contributed by atoms with Crippen molar-refractivity contribution in [3.63, 3.8) is 0 Å². The van der Waals surface area contributed by atoms with Crippen LogP contribution < -0.4 is 10.6 Å². The Morgan fingerprint density at radius 1 is 1.12 bits per heavy atom. The summed E-state index contributed by atoms with van der Waals surface area (Å²) < 4.78 is 23.6. The molecule has 1 unspecified atom stereocenters. The van der Waals surface area contributed by atoms with E-state index in [0.717, 1.165) is 25.1 Å². The van der Waals surface area contributed by atoms with Gasteiger partial charge in [-0.1, -0.05) is 31.2 Å². The summed E-state index contributed by atoms with van der Waals surface area (Å²) in [5, 5.41) is 6.22. The molecule has 0 spiro atoms. The van der Waals surface area contributed by atoms with Gasteiger partial charge in [0.2, 0.25) is 0 Å². The van der Waals surface area contributed by atoms with Crippen molar-refractivity contribution in [2.45, 2.75) is 30.7 Å². The first-order valence-corrected chi connectivity index (χ1v) is 10.6. The fraction of sp³-hybridized carbons (Fsp3) is 0.350. The average Bonchev–Trinajstić information content (AvgIpc) is 3.21. The maximum absolute atomic E-state index is 12.3. The Morgan fingerprint density at radius 3 is 2.38 bits per heavy atom. The highest BCUT2D eigenvalue weighted by atomic mass is 32.2. The lowest BCUT2D eigenvalue weighted by atomic mass is 9.97. The molecule has 2 aromatic carbocycles. The number of nitrogens with one attached hydrogen (secondary N) is 2. The Labute approximate surface area is 154 Å². The molecular weight excluding hydrogens is 348 g/mol. The first kappa shape index (κ1) is 18.6. The van der Waals surface area contributed by atoms with Gasteiger partial charge in [0.1, 0.15) is 0 Å². The van der Waals surface area contributed by atoms with Crippen LogP contribution in [0.3, 0.4) is 0 Å². The number of carbonyl (C=O) groups is 1. The Bertz CT molecular complexity index is 853. The van der Waals surface area contributed by atoms with Crippen LogP contribution in [-0.4, -0.2) is 33.2 Å². The molecule has 0 radical (unpaired) electrons. The molecule has 0 bridgehead atoms. The largest absolute Gasteiger partial charge is 0.348 e. The predicted molar refractivity (Wildman–Crippen MR) is 102 cm³/mol. The quantitative estimate of drug-likeness (QED) is 0.817. The molecule has 1 aliphatic heterocycles. The van der Waals surface area contributed by atoms with Gasteiger partial charge in [0.05, 0.1) is 10.6 Å². The summed E-state index contributed by atoms with van der Waals surface area (Å²) in [5.41, 5.74) is 2.76. The molecule has 0 aromatic heterocycles. The molecule has 1 heterocycles. The van der Waals surface area contributed by atoms with E-state index >= 15 is 0 Å². The second kappa shape index (κ2) is 8.01. The van der Waals surface area contributed by atoms with Gasteiger partial charge in [-0.25, -0.2) is 8.42 Å². The molecule has 1 amide bonds. The fourth-order valence-electron chi connectivity index (χ4n) is 3.11. The van der Waals surface area contributed by atoms with Crippen LogP contribution in [0.2, 0.25) is 0 Å². The molecular formula is C20H24N2O3S. The molecule has 26 heavy (non-hydrogen) atoms. The summed E-state index contributed by atoms with van der Waals surface area (Å²) in [4.78, 5) is 12.6. The molecule has 2 N–H and O–H groups in total. The van der Waals surface area contributed by atoms with E-state index in [2.05, 4.69) is 10.6 Å². The maximum Gasteiger partial charge on any atom is 0.251 e. The van der Waals surface area contributed by atoms with Crippen molar-refractivity contribution in [3.8, 4) is 0 Å². The minimum Gasteiger partial charge on any atom is -0.348 e. The fourth-order valence-corrected chi connectivity index (χ4v) is 4.00. The van der Waals surface area contributed by atoms with Crippen molar-refractivity contribution in [3.05, 3.63) is 65.2 Å². The van der Waals surface area contributed by atoms with Crippen LogP contribution in [0, 0.1) is 0 Å². The number of hydrogen-bond acceptors (Lipinski definition) is 4. The topological polar surface area (TPSA) is 75.3 Å². The molecule has 2 aromatic rings. The van der Waals surface area contributed by atoms with Crippen molar-refractivity contribution in [1.82, 2.24) is 10.6 Å². The van der Waals surface area contributed by atoms with Crippen molar-refractivity contribution in [1.29, 1.82) is 0 Å². The standard InChI is InChI=1S/C20H24N2O3S/c1-2-26(24,25)19-9-3-15(4-10-19)13-22-20(23)17-7-5-16(6-8-17)18-11-12-21-14-18/h3-10,18,21H,2,11-14H2,1H3,(H,22,23). The summed E-state index contributed by atoms with van der Waals surface area (Å²) in [5.74, 6) is 0.479.